The van der Waals surface area contributed by atoms with Crippen molar-refractivity contribution < 1.29 is 9.90 Å². The van der Waals surface area contributed by atoms with E-state index in [4.69, 9.17) is 0 Å². The quantitative estimate of drug-likeness (QED) is 0.327. The van der Waals surface area contributed by atoms with Crippen LogP contribution in [-0.2, 0) is 0 Å². The minimum Gasteiger partial charge on any atom is -0.391 e. The summed E-state index contributed by atoms with van der Waals surface area (Å²) >= 11 is 1.50. The molecule has 1 atom stereocenters. The van der Waals surface area contributed by atoms with Crippen molar-refractivity contribution in [1.82, 2.24) is 5.32 Å². The zero-order valence-corrected chi connectivity index (χ0v) is 11.4. The Morgan fingerprint density at radius 1 is 1.56 bits per heavy atom. The first kappa shape index (κ1) is 15.0. The summed E-state index contributed by atoms with van der Waals surface area (Å²) in [6.07, 6.45) is 1.32. The van der Waals surface area contributed by atoms with Gasteiger partial charge in [0.2, 0.25) is 0 Å². The maximum Gasteiger partial charge on any atom is 0.160 e. The number of carbonyl (C=O) groups is 1. The Hall–Kier alpha value is -1.10. The van der Waals surface area contributed by atoms with Crippen molar-refractivity contribution in [1.29, 1.82) is 0 Å². The van der Waals surface area contributed by atoms with Gasteiger partial charge in [-0.25, -0.2) is 0 Å². The maximum absolute atomic E-state index is 11.4. The van der Waals surface area contributed by atoms with E-state index >= 15 is 0 Å². The highest BCUT2D eigenvalue weighted by Crippen LogP contribution is 2.23. The third-order valence-corrected chi connectivity index (χ3v) is 3.58. The highest BCUT2D eigenvalue weighted by molar-refractivity contribution is 7.99. The second kappa shape index (κ2) is 8.08. The largest absolute Gasteiger partial charge is 0.391 e. The second-order valence-electron chi connectivity index (χ2n) is 3.96. The molecule has 0 aliphatic heterocycles. The fourth-order valence-corrected chi connectivity index (χ4v) is 2.51. The third-order valence-electron chi connectivity index (χ3n) is 2.37. The molecule has 98 valence electrons. The Morgan fingerprint density at radius 3 is 2.94 bits per heavy atom. The minimum atomic E-state index is -0.435. The number of hydrogen-bond acceptors (Lipinski definition) is 4. The summed E-state index contributed by atoms with van der Waals surface area (Å²) < 4.78 is 0. The van der Waals surface area contributed by atoms with Crippen LogP contribution in [-0.4, -0.2) is 35.8 Å². The number of rotatable bonds is 8. The summed E-state index contributed by atoms with van der Waals surface area (Å²) in [5.74, 6) is 0.617. The van der Waals surface area contributed by atoms with E-state index in [1.54, 1.807) is 13.0 Å². The molecular formula is C14H19NO2S. The number of benzene rings is 1. The zero-order chi connectivity index (χ0) is 13.4. The van der Waals surface area contributed by atoms with Gasteiger partial charge in [-0.3, -0.25) is 4.79 Å². The standard InChI is InChI=1S/C14H19NO2S/c1-3-8-15-9-12(17)10-18-14-7-5-4-6-13(14)11(2)16/h3-7,12,15,17H,1,8-10H2,2H3. The number of ketones is 1. The number of thioether (sulfide) groups is 1. The predicted octanol–water partition coefficient (Wildman–Crippen LogP) is 2.12. The molecule has 0 spiro atoms. The van der Waals surface area contributed by atoms with Crippen molar-refractivity contribution in [2.24, 2.45) is 0 Å². The highest BCUT2D eigenvalue weighted by Gasteiger charge is 2.09. The molecular weight excluding hydrogens is 246 g/mol. The summed E-state index contributed by atoms with van der Waals surface area (Å²) in [5.41, 5.74) is 0.716. The van der Waals surface area contributed by atoms with Crippen molar-refractivity contribution in [3.8, 4) is 0 Å². The molecule has 1 aromatic carbocycles. The van der Waals surface area contributed by atoms with Crippen molar-refractivity contribution in [2.75, 3.05) is 18.8 Å². The molecule has 0 aliphatic carbocycles. The average Bonchev–Trinajstić information content (AvgIpc) is 2.37. The number of aliphatic hydroxyl groups excluding tert-OH is 1. The topological polar surface area (TPSA) is 49.3 Å². The normalized spacial score (nSPS) is 12.1. The molecule has 0 aliphatic rings. The molecule has 1 unspecified atom stereocenters. The van der Waals surface area contributed by atoms with E-state index in [9.17, 15) is 9.90 Å². The van der Waals surface area contributed by atoms with Crippen molar-refractivity contribution in [3.63, 3.8) is 0 Å². The van der Waals surface area contributed by atoms with Gasteiger partial charge in [-0.2, -0.15) is 0 Å². The number of carbonyl (C=O) groups excluding carboxylic acids is 1. The van der Waals surface area contributed by atoms with Gasteiger partial charge in [0, 0.05) is 29.3 Å². The highest BCUT2D eigenvalue weighted by atomic mass is 32.2. The first-order chi connectivity index (χ1) is 8.65. The predicted molar refractivity (Wildman–Crippen MR) is 76.2 cm³/mol. The van der Waals surface area contributed by atoms with Crippen LogP contribution in [0.3, 0.4) is 0 Å². The Kier molecular flexibility index (Phi) is 6.72. The Labute approximate surface area is 112 Å². The molecule has 0 aromatic heterocycles. The molecule has 0 radical (unpaired) electrons. The lowest BCUT2D eigenvalue weighted by atomic mass is 10.1. The summed E-state index contributed by atoms with van der Waals surface area (Å²) in [6.45, 7) is 6.37. The molecule has 0 saturated carbocycles. The lowest BCUT2D eigenvalue weighted by Gasteiger charge is -2.12. The monoisotopic (exact) mass is 265 g/mol. The van der Waals surface area contributed by atoms with Crippen molar-refractivity contribution in [2.45, 2.75) is 17.9 Å². The van der Waals surface area contributed by atoms with E-state index in [1.165, 1.54) is 11.8 Å². The second-order valence-corrected chi connectivity index (χ2v) is 5.03. The minimum absolute atomic E-state index is 0.0531. The lowest BCUT2D eigenvalue weighted by Crippen LogP contribution is -2.28. The molecule has 0 bridgehead atoms. The molecule has 2 N–H and O–H groups in total. The zero-order valence-electron chi connectivity index (χ0n) is 10.6. The van der Waals surface area contributed by atoms with Gasteiger partial charge in [0.25, 0.3) is 0 Å². The summed E-state index contributed by atoms with van der Waals surface area (Å²) in [7, 11) is 0. The number of aliphatic hydroxyl groups is 1. The van der Waals surface area contributed by atoms with Crippen LogP contribution in [0.25, 0.3) is 0 Å². The molecule has 1 rings (SSSR count). The van der Waals surface area contributed by atoms with E-state index < -0.39 is 6.10 Å². The summed E-state index contributed by atoms with van der Waals surface area (Å²) in [4.78, 5) is 12.3. The van der Waals surface area contributed by atoms with Gasteiger partial charge in [-0.15, -0.1) is 18.3 Å². The molecule has 1 aromatic rings. The first-order valence-electron chi connectivity index (χ1n) is 5.87. The molecule has 0 amide bonds. The number of hydrogen-bond donors (Lipinski definition) is 2. The van der Waals surface area contributed by atoms with E-state index in [0.717, 1.165) is 4.90 Å². The van der Waals surface area contributed by atoms with Crippen LogP contribution in [0.2, 0.25) is 0 Å². The van der Waals surface area contributed by atoms with E-state index in [1.807, 2.05) is 24.3 Å². The van der Waals surface area contributed by atoms with Gasteiger partial charge < -0.3 is 10.4 Å². The van der Waals surface area contributed by atoms with Gasteiger partial charge >= 0.3 is 0 Å². The molecule has 0 fully saturated rings. The molecule has 3 nitrogen and oxygen atoms in total. The smallest absolute Gasteiger partial charge is 0.160 e. The van der Waals surface area contributed by atoms with Crippen LogP contribution < -0.4 is 5.32 Å². The Bertz CT molecular complexity index is 407. The van der Waals surface area contributed by atoms with E-state index in [0.29, 0.717) is 24.4 Å². The van der Waals surface area contributed by atoms with Gasteiger partial charge in [-0.1, -0.05) is 24.3 Å². The number of nitrogens with one attached hydrogen (secondary N) is 1. The van der Waals surface area contributed by atoms with Crippen LogP contribution in [0.15, 0.2) is 41.8 Å². The van der Waals surface area contributed by atoms with Crippen LogP contribution in [0.4, 0.5) is 0 Å². The Morgan fingerprint density at radius 2 is 2.28 bits per heavy atom. The van der Waals surface area contributed by atoms with Gasteiger partial charge in [0.1, 0.15) is 0 Å². The average molecular weight is 265 g/mol. The van der Waals surface area contributed by atoms with Crippen LogP contribution in [0, 0.1) is 0 Å². The van der Waals surface area contributed by atoms with Gasteiger partial charge in [0.05, 0.1) is 6.10 Å². The van der Waals surface area contributed by atoms with Gasteiger partial charge in [0.15, 0.2) is 5.78 Å². The first-order valence-corrected chi connectivity index (χ1v) is 6.86. The van der Waals surface area contributed by atoms with Crippen molar-refractivity contribution >= 4 is 17.5 Å². The number of Topliss-reactive ketones (excluding diaryl/α,β-unsaturated/α-hetero) is 1. The lowest BCUT2D eigenvalue weighted by molar-refractivity contribution is 0.101. The summed E-state index contributed by atoms with van der Waals surface area (Å²) in [5, 5.41) is 12.8. The molecule has 0 heterocycles. The maximum atomic E-state index is 11.4. The van der Waals surface area contributed by atoms with E-state index in [2.05, 4.69) is 11.9 Å². The summed E-state index contributed by atoms with van der Waals surface area (Å²) in [6, 6.07) is 7.47. The molecule has 18 heavy (non-hydrogen) atoms. The fourth-order valence-electron chi connectivity index (χ4n) is 1.48. The third kappa shape index (κ3) is 5.04. The van der Waals surface area contributed by atoms with Crippen LogP contribution >= 0.6 is 11.8 Å². The van der Waals surface area contributed by atoms with Crippen LogP contribution in [0.1, 0.15) is 17.3 Å². The van der Waals surface area contributed by atoms with E-state index in [-0.39, 0.29) is 5.78 Å². The van der Waals surface area contributed by atoms with Crippen LogP contribution in [0.5, 0.6) is 0 Å². The fraction of sp³-hybridized carbons (Fsp3) is 0.357. The van der Waals surface area contributed by atoms with Crippen molar-refractivity contribution in [3.05, 3.63) is 42.5 Å². The molecule has 4 heteroatoms. The molecule has 0 saturated heterocycles. The SMILES string of the molecule is C=CCNCC(O)CSc1ccccc1C(C)=O. The van der Waals surface area contributed by atoms with Gasteiger partial charge in [-0.05, 0) is 13.0 Å². The Balaban J connectivity index is 2.47.